The zero-order valence-electron chi connectivity index (χ0n) is 11.9. The molecule has 0 aliphatic heterocycles. The first-order valence-electron chi connectivity index (χ1n) is 7.03. The SMILES string of the molecule is O=C(Cc1ccccc1Cl)NCCc1nnc2ccccn12. The summed E-state index contributed by atoms with van der Waals surface area (Å²) in [4.78, 5) is 11.9. The first-order chi connectivity index (χ1) is 10.7. The van der Waals surface area contributed by atoms with E-state index in [9.17, 15) is 4.79 Å². The lowest BCUT2D eigenvalue weighted by Gasteiger charge is -2.06. The van der Waals surface area contributed by atoms with Crippen LogP contribution in [0, 0.1) is 0 Å². The molecular weight excluding hydrogens is 300 g/mol. The zero-order valence-corrected chi connectivity index (χ0v) is 12.6. The Labute approximate surface area is 132 Å². The van der Waals surface area contributed by atoms with Crippen LogP contribution >= 0.6 is 11.6 Å². The van der Waals surface area contributed by atoms with Gasteiger partial charge in [0.2, 0.25) is 5.91 Å². The Kier molecular flexibility index (Phi) is 4.34. The minimum atomic E-state index is -0.0538. The van der Waals surface area contributed by atoms with Crippen LogP contribution in [-0.2, 0) is 17.6 Å². The fourth-order valence-corrected chi connectivity index (χ4v) is 2.45. The molecular formula is C16H15ClN4O. The highest BCUT2D eigenvalue weighted by Crippen LogP contribution is 2.15. The molecule has 6 heteroatoms. The number of carbonyl (C=O) groups is 1. The number of benzene rings is 1. The van der Waals surface area contributed by atoms with Crippen molar-refractivity contribution >= 4 is 23.2 Å². The second kappa shape index (κ2) is 6.58. The van der Waals surface area contributed by atoms with E-state index in [1.54, 1.807) is 6.07 Å². The van der Waals surface area contributed by atoms with Gasteiger partial charge in [-0.1, -0.05) is 35.9 Å². The van der Waals surface area contributed by atoms with E-state index in [0.29, 0.717) is 18.0 Å². The maximum absolute atomic E-state index is 11.9. The van der Waals surface area contributed by atoms with E-state index in [1.165, 1.54) is 0 Å². The molecule has 22 heavy (non-hydrogen) atoms. The first kappa shape index (κ1) is 14.5. The molecule has 1 N–H and O–H groups in total. The van der Waals surface area contributed by atoms with E-state index in [4.69, 9.17) is 11.6 Å². The van der Waals surface area contributed by atoms with Gasteiger partial charge in [-0.15, -0.1) is 10.2 Å². The van der Waals surface area contributed by atoms with E-state index in [0.717, 1.165) is 17.0 Å². The van der Waals surface area contributed by atoms with Crippen LogP contribution in [0.5, 0.6) is 0 Å². The molecule has 0 spiro atoms. The Morgan fingerprint density at radius 1 is 1.14 bits per heavy atom. The van der Waals surface area contributed by atoms with Crippen LogP contribution in [0.4, 0.5) is 0 Å². The normalized spacial score (nSPS) is 10.8. The van der Waals surface area contributed by atoms with Crippen molar-refractivity contribution < 1.29 is 4.79 Å². The van der Waals surface area contributed by atoms with Crippen LogP contribution in [0.1, 0.15) is 11.4 Å². The molecule has 2 heterocycles. The summed E-state index contributed by atoms with van der Waals surface area (Å²) in [6, 6.07) is 13.1. The third kappa shape index (κ3) is 3.26. The highest BCUT2D eigenvalue weighted by atomic mass is 35.5. The molecule has 0 aliphatic carbocycles. The number of aromatic nitrogens is 3. The molecule has 0 saturated heterocycles. The summed E-state index contributed by atoms with van der Waals surface area (Å²) in [5.41, 5.74) is 1.63. The number of halogens is 1. The van der Waals surface area contributed by atoms with Crippen molar-refractivity contribution in [2.75, 3.05) is 6.54 Å². The minimum absolute atomic E-state index is 0.0538. The summed E-state index contributed by atoms with van der Waals surface area (Å²) in [6.07, 6.45) is 2.82. The van der Waals surface area contributed by atoms with Crippen molar-refractivity contribution in [1.82, 2.24) is 19.9 Å². The van der Waals surface area contributed by atoms with Crippen LogP contribution in [0.2, 0.25) is 5.02 Å². The molecule has 0 fully saturated rings. The van der Waals surface area contributed by atoms with Crippen LogP contribution in [-0.4, -0.2) is 27.0 Å². The van der Waals surface area contributed by atoms with E-state index >= 15 is 0 Å². The highest BCUT2D eigenvalue weighted by Gasteiger charge is 2.08. The largest absolute Gasteiger partial charge is 0.355 e. The summed E-state index contributed by atoms with van der Waals surface area (Å²) in [5.74, 6) is 0.774. The second-order valence-corrected chi connectivity index (χ2v) is 5.32. The molecule has 2 aromatic heterocycles. The summed E-state index contributed by atoms with van der Waals surface area (Å²) in [5, 5.41) is 11.7. The predicted molar refractivity (Wildman–Crippen MR) is 84.9 cm³/mol. The third-order valence-corrected chi connectivity index (χ3v) is 3.73. The number of hydrogen-bond acceptors (Lipinski definition) is 3. The Balaban J connectivity index is 1.55. The molecule has 5 nitrogen and oxygen atoms in total. The molecule has 0 atom stereocenters. The van der Waals surface area contributed by atoms with Gasteiger partial charge in [-0.3, -0.25) is 9.20 Å². The van der Waals surface area contributed by atoms with Crippen molar-refractivity contribution in [2.45, 2.75) is 12.8 Å². The number of nitrogens with zero attached hydrogens (tertiary/aromatic N) is 3. The minimum Gasteiger partial charge on any atom is -0.355 e. The van der Waals surface area contributed by atoms with Crippen LogP contribution in [0.15, 0.2) is 48.7 Å². The van der Waals surface area contributed by atoms with E-state index in [-0.39, 0.29) is 12.3 Å². The van der Waals surface area contributed by atoms with Gasteiger partial charge in [-0.05, 0) is 23.8 Å². The van der Waals surface area contributed by atoms with Gasteiger partial charge in [-0.25, -0.2) is 0 Å². The Morgan fingerprint density at radius 2 is 1.95 bits per heavy atom. The lowest BCUT2D eigenvalue weighted by atomic mass is 10.1. The number of pyridine rings is 1. The molecule has 1 amide bonds. The molecule has 0 radical (unpaired) electrons. The Bertz CT molecular complexity index is 799. The molecule has 3 aromatic rings. The smallest absolute Gasteiger partial charge is 0.224 e. The number of fused-ring (bicyclic) bond motifs is 1. The van der Waals surface area contributed by atoms with Gasteiger partial charge < -0.3 is 5.32 Å². The average molecular weight is 315 g/mol. The van der Waals surface area contributed by atoms with Crippen molar-refractivity contribution in [3.63, 3.8) is 0 Å². The van der Waals surface area contributed by atoms with E-state index in [1.807, 2.05) is 47.0 Å². The van der Waals surface area contributed by atoms with Crippen LogP contribution in [0.3, 0.4) is 0 Å². The molecule has 1 aromatic carbocycles. The number of nitrogens with one attached hydrogen (secondary N) is 1. The van der Waals surface area contributed by atoms with Gasteiger partial charge in [0.05, 0.1) is 6.42 Å². The van der Waals surface area contributed by atoms with Crippen LogP contribution < -0.4 is 5.32 Å². The summed E-state index contributed by atoms with van der Waals surface area (Å²) in [6.45, 7) is 0.513. The lowest BCUT2D eigenvalue weighted by Crippen LogP contribution is -2.27. The van der Waals surface area contributed by atoms with Gasteiger partial charge in [0.15, 0.2) is 5.65 Å². The van der Waals surface area contributed by atoms with Gasteiger partial charge in [0, 0.05) is 24.2 Å². The topological polar surface area (TPSA) is 59.3 Å². The number of carbonyl (C=O) groups excluding carboxylic acids is 1. The van der Waals surface area contributed by atoms with Crippen molar-refractivity contribution in [3.05, 3.63) is 65.1 Å². The summed E-state index contributed by atoms with van der Waals surface area (Å²) >= 11 is 6.05. The summed E-state index contributed by atoms with van der Waals surface area (Å²) < 4.78 is 1.92. The standard InChI is InChI=1S/C16H15ClN4O/c17-13-6-2-1-5-12(13)11-16(22)18-9-8-15-20-19-14-7-3-4-10-21(14)15/h1-7,10H,8-9,11H2,(H,18,22). The maximum atomic E-state index is 11.9. The van der Waals surface area contributed by atoms with Gasteiger partial charge in [-0.2, -0.15) is 0 Å². The van der Waals surface area contributed by atoms with Gasteiger partial charge in [0.25, 0.3) is 0 Å². The number of hydrogen-bond donors (Lipinski definition) is 1. The molecule has 0 saturated carbocycles. The molecule has 0 aliphatic rings. The van der Waals surface area contributed by atoms with Crippen molar-refractivity contribution in [3.8, 4) is 0 Å². The quantitative estimate of drug-likeness (QED) is 0.786. The van der Waals surface area contributed by atoms with E-state index in [2.05, 4.69) is 15.5 Å². The first-order valence-corrected chi connectivity index (χ1v) is 7.40. The third-order valence-electron chi connectivity index (χ3n) is 3.36. The maximum Gasteiger partial charge on any atom is 0.224 e. The Hall–Kier alpha value is -2.40. The summed E-state index contributed by atoms with van der Waals surface area (Å²) in [7, 11) is 0. The molecule has 0 bridgehead atoms. The fraction of sp³-hybridized carbons (Fsp3) is 0.188. The van der Waals surface area contributed by atoms with Gasteiger partial charge >= 0.3 is 0 Å². The molecule has 112 valence electrons. The number of amides is 1. The highest BCUT2D eigenvalue weighted by molar-refractivity contribution is 6.31. The van der Waals surface area contributed by atoms with Gasteiger partial charge in [0.1, 0.15) is 5.82 Å². The van der Waals surface area contributed by atoms with E-state index < -0.39 is 0 Å². The van der Waals surface area contributed by atoms with Crippen molar-refractivity contribution in [2.24, 2.45) is 0 Å². The monoisotopic (exact) mass is 314 g/mol. The lowest BCUT2D eigenvalue weighted by molar-refractivity contribution is -0.120. The van der Waals surface area contributed by atoms with Crippen molar-refractivity contribution in [1.29, 1.82) is 0 Å². The molecule has 3 rings (SSSR count). The second-order valence-electron chi connectivity index (χ2n) is 4.91. The fourth-order valence-electron chi connectivity index (χ4n) is 2.25. The Morgan fingerprint density at radius 3 is 2.82 bits per heavy atom. The predicted octanol–water partition coefficient (Wildman–Crippen LogP) is 2.28. The van der Waals surface area contributed by atoms with Crippen LogP contribution in [0.25, 0.3) is 5.65 Å². The number of rotatable bonds is 5. The zero-order chi connectivity index (χ0) is 15.4. The average Bonchev–Trinajstić information content (AvgIpc) is 2.93. The molecule has 0 unspecified atom stereocenters.